The van der Waals surface area contributed by atoms with Gasteiger partial charge in [-0.1, -0.05) is 11.6 Å². The topological polar surface area (TPSA) is 84.7 Å². The highest BCUT2D eigenvalue weighted by molar-refractivity contribution is 7.89. The summed E-state index contributed by atoms with van der Waals surface area (Å²) in [5, 5.41) is 0.303. The van der Waals surface area contributed by atoms with E-state index in [9.17, 15) is 8.42 Å². The molecule has 0 aliphatic carbocycles. The molecule has 0 saturated carbocycles. The fraction of sp³-hybridized carbons (Fsp3) is 0.538. The Morgan fingerprint density at radius 1 is 1.43 bits per heavy atom. The van der Waals surface area contributed by atoms with E-state index in [1.165, 1.54) is 13.2 Å². The van der Waals surface area contributed by atoms with Crippen molar-refractivity contribution in [2.75, 3.05) is 27.7 Å². The summed E-state index contributed by atoms with van der Waals surface area (Å²) in [6, 6.07) is 2.71. The monoisotopic (exact) mass is 335 g/mol. The molecule has 0 bridgehead atoms. The molecular formula is C13H22ClN3O3S. The van der Waals surface area contributed by atoms with Gasteiger partial charge in [0.2, 0.25) is 10.0 Å². The maximum absolute atomic E-state index is 12.5. The van der Waals surface area contributed by atoms with Crippen molar-refractivity contribution >= 4 is 21.6 Å². The minimum atomic E-state index is -3.74. The van der Waals surface area contributed by atoms with Gasteiger partial charge >= 0.3 is 0 Å². The lowest BCUT2D eigenvalue weighted by molar-refractivity contribution is 0.369. The number of methoxy groups -OCH3 is 1. The van der Waals surface area contributed by atoms with E-state index in [-0.39, 0.29) is 23.2 Å². The summed E-state index contributed by atoms with van der Waals surface area (Å²) in [6.07, 6.45) is 0. The van der Waals surface area contributed by atoms with Crippen LogP contribution in [0.5, 0.6) is 5.75 Å². The number of nitrogens with one attached hydrogen (secondary N) is 1. The van der Waals surface area contributed by atoms with Gasteiger partial charge in [-0.15, -0.1) is 0 Å². The van der Waals surface area contributed by atoms with Crippen LogP contribution in [0.1, 0.15) is 12.5 Å². The van der Waals surface area contributed by atoms with Crippen molar-refractivity contribution in [3.8, 4) is 5.75 Å². The van der Waals surface area contributed by atoms with Crippen LogP contribution in [0.3, 0.4) is 0 Å². The largest absolute Gasteiger partial charge is 0.495 e. The van der Waals surface area contributed by atoms with Crippen molar-refractivity contribution in [2.45, 2.75) is 24.4 Å². The number of benzene rings is 1. The van der Waals surface area contributed by atoms with Crippen LogP contribution in [0.25, 0.3) is 0 Å². The van der Waals surface area contributed by atoms with Crippen LogP contribution in [-0.4, -0.2) is 47.1 Å². The zero-order chi connectivity index (χ0) is 16.2. The maximum Gasteiger partial charge on any atom is 0.244 e. The van der Waals surface area contributed by atoms with E-state index < -0.39 is 10.0 Å². The Hall–Kier alpha value is -0.860. The molecule has 1 unspecified atom stereocenters. The van der Waals surface area contributed by atoms with Crippen molar-refractivity contribution in [2.24, 2.45) is 5.73 Å². The van der Waals surface area contributed by atoms with Crippen LogP contribution in [0.4, 0.5) is 0 Å². The molecule has 0 saturated heterocycles. The molecule has 1 aromatic carbocycles. The summed E-state index contributed by atoms with van der Waals surface area (Å²) in [5.41, 5.74) is 6.16. The van der Waals surface area contributed by atoms with E-state index in [2.05, 4.69) is 4.72 Å². The van der Waals surface area contributed by atoms with E-state index in [1.54, 1.807) is 13.0 Å². The van der Waals surface area contributed by atoms with Gasteiger partial charge in [0.15, 0.2) is 0 Å². The quantitative estimate of drug-likeness (QED) is 0.777. The second-order valence-corrected chi connectivity index (χ2v) is 7.20. The molecule has 0 radical (unpaired) electrons. The first kappa shape index (κ1) is 18.2. The third-order valence-electron chi connectivity index (χ3n) is 2.81. The molecule has 3 N–H and O–H groups in total. The second-order valence-electron chi connectivity index (χ2n) is 5.09. The van der Waals surface area contributed by atoms with Gasteiger partial charge in [0.25, 0.3) is 0 Å². The Kier molecular flexibility index (Phi) is 6.42. The average Bonchev–Trinajstić information content (AvgIpc) is 2.35. The van der Waals surface area contributed by atoms with E-state index in [4.69, 9.17) is 22.1 Å². The summed E-state index contributed by atoms with van der Waals surface area (Å²) < 4.78 is 32.8. The number of sulfonamides is 1. The Bertz CT molecular complexity index is 591. The molecule has 0 heterocycles. The minimum Gasteiger partial charge on any atom is -0.495 e. The predicted octanol–water partition coefficient (Wildman–Crippen LogP) is 1.04. The first-order valence-corrected chi connectivity index (χ1v) is 8.31. The number of nitrogens with zero attached hydrogens (tertiary/aromatic N) is 1. The summed E-state index contributed by atoms with van der Waals surface area (Å²) in [7, 11) is 1.41. The second kappa shape index (κ2) is 7.42. The van der Waals surface area contributed by atoms with Crippen LogP contribution in [0.15, 0.2) is 17.0 Å². The van der Waals surface area contributed by atoms with E-state index in [0.29, 0.717) is 17.1 Å². The van der Waals surface area contributed by atoms with Crippen molar-refractivity contribution in [3.05, 3.63) is 22.7 Å². The molecule has 1 aromatic rings. The van der Waals surface area contributed by atoms with Gasteiger partial charge in [-0.3, -0.25) is 0 Å². The molecule has 0 amide bonds. The summed E-state index contributed by atoms with van der Waals surface area (Å²) in [5.74, 6) is 0.228. The van der Waals surface area contributed by atoms with E-state index >= 15 is 0 Å². The van der Waals surface area contributed by atoms with Gasteiger partial charge < -0.3 is 15.4 Å². The molecule has 21 heavy (non-hydrogen) atoms. The molecule has 0 aromatic heterocycles. The minimum absolute atomic E-state index is 0.00329. The molecule has 1 atom stereocenters. The predicted molar refractivity (Wildman–Crippen MR) is 84.2 cm³/mol. The van der Waals surface area contributed by atoms with Crippen LogP contribution in [0, 0.1) is 0 Å². The zero-order valence-corrected chi connectivity index (χ0v) is 14.3. The Balaban J connectivity index is 3.21. The lowest BCUT2D eigenvalue weighted by Crippen LogP contribution is -2.39. The third kappa shape index (κ3) is 4.82. The Morgan fingerprint density at radius 2 is 2.05 bits per heavy atom. The highest BCUT2D eigenvalue weighted by Gasteiger charge is 2.24. The Morgan fingerprint density at radius 3 is 2.52 bits per heavy atom. The smallest absolute Gasteiger partial charge is 0.244 e. The third-order valence-corrected chi connectivity index (χ3v) is 4.62. The normalized spacial score (nSPS) is 13.5. The molecule has 8 heteroatoms. The SMILES string of the molecule is COc1c(CN)cc(Cl)cc1S(=O)(=O)NC(C)CN(C)C. The van der Waals surface area contributed by atoms with Crippen molar-refractivity contribution in [1.82, 2.24) is 9.62 Å². The number of hydrogen-bond acceptors (Lipinski definition) is 5. The van der Waals surface area contributed by atoms with Gasteiger partial charge in [0, 0.05) is 29.7 Å². The molecule has 6 nitrogen and oxygen atoms in total. The first-order valence-electron chi connectivity index (χ1n) is 6.44. The number of likely N-dealkylation sites (N-methyl/N-ethyl adjacent to an activating group) is 1. The molecular weight excluding hydrogens is 314 g/mol. The van der Waals surface area contributed by atoms with Crippen LogP contribution in [-0.2, 0) is 16.6 Å². The molecule has 0 fully saturated rings. The summed E-state index contributed by atoms with van der Waals surface area (Å²) in [6.45, 7) is 2.50. The maximum atomic E-state index is 12.5. The van der Waals surface area contributed by atoms with Gasteiger partial charge in [-0.25, -0.2) is 13.1 Å². The van der Waals surface area contributed by atoms with Gasteiger partial charge in [-0.05, 0) is 33.2 Å². The molecule has 0 spiro atoms. The molecule has 120 valence electrons. The summed E-state index contributed by atoms with van der Waals surface area (Å²) >= 11 is 5.97. The standard InChI is InChI=1S/C13H22ClN3O3S/c1-9(8-17(2)3)16-21(18,19)12-6-11(14)5-10(7-15)13(12)20-4/h5-6,9,16H,7-8,15H2,1-4H3. The molecule has 1 rings (SSSR count). The first-order chi connectivity index (χ1) is 9.71. The number of ether oxygens (including phenoxy) is 1. The van der Waals surface area contributed by atoms with Gasteiger partial charge in [0.1, 0.15) is 10.6 Å². The number of halogens is 1. The fourth-order valence-electron chi connectivity index (χ4n) is 2.12. The lowest BCUT2D eigenvalue weighted by Gasteiger charge is -2.20. The van der Waals surface area contributed by atoms with E-state index in [0.717, 1.165) is 0 Å². The molecule has 0 aliphatic heterocycles. The Labute approximate surface area is 131 Å². The fourth-order valence-corrected chi connectivity index (χ4v) is 3.90. The van der Waals surface area contributed by atoms with Crippen molar-refractivity contribution < 1.29 is 13.2 Å². The van der Waals surface area contributed by atoms with Crippen molar-refractivity contribution in [1.29, 1.82) is 0 Å². The highest BCUT2D eigenvalue weighted by Crippen LogP contribution is 2.31. The average molecular weight is 336 g/mol. The number of rotatable bonds is 7. The van der Waals surface area contributed by atoms with Crippen molar-refractivity contribution in [3.63, 3.8) is 0 Å². The van der Waals surface area contributed by atoms with Gasteiger partial charge in [0.05, 0.1) is 7.11 Å². The van der Waals surface area contributed by atoms with Gasteiger partial charge in [-0.2, -0.15) is 0 Å². The lowest BCUT2D eigenvalue weighted by atomic mass is 10.2. The zero-order valence-electron chi connectivity index (χ0n) is 12.7. The summed E-state index contributed by atoms with van der Waals surface area (Å²) in [4.78, 5) is 1.90. The highest BCUT2D eigenvalue weighted by atomic mass is 35.5. The van der Waals surface area contributed by atoms with E-state index in [1.807, 2.05) is 19.0 Å². The number of nitrogens with two attached hydrogens (primary N) is 1. The molecule has 0 aliphatic rings. The van der Waals surface area contributed by atoms with Crippen LogP contribution < -0.4 is 15.2 Å². The number of hydrogen-bond donors (Lipinski definition) is 2. The van der Waals surface area contributed by atoms with Crippen LogP contribution in [0.2, 0.25) is 5.02 Å². The van der Waals surface area contributed by atoms with Crippen LogP contribution >= 0.6 is 11.6 Å².